The fourth-order valence-electron chi connectivity index (χ4n) is 2.57. The number of fused-ring (bicyclic) bond motifs is 1. The number of hydrogen-bond donors (Lipinski definition) is 1. The Hall–Kier alpha value is -3.15. The number of anilines is 1. The van der Waals surface area contributed by atoms with E-state index >= 15 is 0 Å². The number of ether oxygens (including phenoxy) is 2. The molecule has 0 saturated heterocycles. The number of carbonyl (C=O) groups excluding carboxylic acids is 1. The zero-order valence-corrected chi connectivity index (χ0v) is 14.0. The molecule has 4 nitrogen and oxygen atoms in total. The molecular weight excluding hydrogens is 340 g/mol. The lowest BCUT2D eigenvalue weighted by Gasteiger charge is -2.13. The number of amides is 1. The van der Waals surface area contributed by atoms with Crippen LogP contribution in [-0.2, 0) is 4.79 Å². The summed E-state index contributed by atoms with van der Waals surface area (Å²) >= 11 is 0. The number of benzene rings is 3. The molecule has 26 heavy (non-hydrogen) atoms. The molecule has 0 aromatic heterocycles. The summed E-state index contributed by atoms with van der Waals surface area (Å²) in [6, 6.07) is 17.9. The van der Waals surface area contributed by atoms with Gasteiger partial charge in [-0.3, -0.25) is 4.79 Å². The van der Waals surface area contributed by atoms with Crippen molar-refractivity contribution in [2.24, 2.45) is 0 Å². The normalized spacial score (nSPS) is 10.8. The van der Waals surface area contributed by atoms with Crippen molar-refractivity contribution in [3.05, 3.63) is 66.2 Å². The highest BCUT2D eigenvalue weighted by molar-refractivity contribution is 5.93. The first-order chi connectivity index (χ1) is 12.5. The number of halogens is 2. The van der Waals surface area contributed by atoms with E-state index in [2.05, 4.69) is 10.1 Å². The van der Waals surface area contributed by atoms with Crippen LogP contribution in [0.5, 0.6) is 11.5 Å². The van der Waals surface area contributed by atoms with Crippen molar-refractivity contribution in [2.45, 2.75) is 13.5 Å². The van der Waals surface area contributed by atoms with E-state index < -0.39 is 12.5 Å². The summed E-state index contributed by atoms with van der Waals surface area (Å²) in [6.07, 6.45) is 0. The Kier molecular flexibility index (Phi) is 5.31. The number of rotatable bonds is 6. The summed E-state index contributed by atoms with van der Waals surface area (Å²) in [5.41, 5.74) is 0.821. The van der Waals surface area contributed by atoms with Gasteiger partial charge < -0.3 is 14.8 Å². The molecule has 0 aliphatic carbocycles. The largest absolute Gasteiger partial charge is 0.484 e. The molecule has 0 atom stereocenters. The molecule has 0 saturated carbocycles. The van der Waals surface area contributed by atoms with Gasteiger partial charge in [0.25, 0.3) is 5.91 Å². The molecule has 3 aromatic carbocycles. The van der Waals surface area contributed by atoms with Crippen molar-refractivity contribution in [2.75, 3.05) is 11.9 Å². The van der Waals surface area contributed by atoms with E-state index in [4.69, 9.17) is 4.74 Å². The van der Waals surface area contributed by atoms with Crippen LogP contribution in [0.1, 0.15) is 5.56 Å². The first-order valence-corrected chi connectivity index (χ1v) is 7.99. The zero-order chi connectivity index (χ0) is 18.5. The second-order valence-corrected chi connectivity index (χ2v) is 5.65. The van der Waals surface area contributed by atoms with Gasteiger partial charge >= 0.3 is 6.61 Å². The van der Waals surface area contributed by atoms with E-state index in [-0.39, 0.29) is 12.4 Å². The summed E-state index contributed by atoms with van der Waals surface area (Å²) in [5, 5.41) is 4.73. The van der Waals surface area contributed by atoms with Gasteiger partial charge in [0, 0.05) is 11.3 Å². The molecule has 1 N–H and O–H groups in total. The molecule has 3 rings (SSSR count). The topological polar surface area (TPSA) is 47.6 Å². The van der Waals surface area contributed by atoms with Gasteiger partial charge in [0.2, 0.25) is 0 Å². The minimum atomic E-state index is -2.92. The average Bonchev–Trinajstić information content (AvgIpc) is 2.63. The van der Waals surface area contributed by atoms with E-state index in [0.29, 0.717) is 17.0 Å². The molecule has 0 bridgehead atoms. The Morgan fingerprint density at radius 2 is 1.81 bits per heavy atom. The van der Waals surface area contributed by atoms with E-state index in [1.165, 1.54) is 12.1 Å². The van der Waals surface area contributed by atoms with Crippen molar-refractivity contribution in [3.8, 4) is 11.5 Å². The third kappa shape index (κ3) is 4.27. The molecule has 1 amide bonds. The predicted molar refractivity (Wildman–Crippen MR) is 95.9 cm³/mol. The van der Waals surface area contributed by atoms with E-state index in [9.17, 15) is 13.6 Å². The van der Waals surface area contributed by atoms with Crippen LogP contribution in [0.3, 0.4) is 0 Å². The Morgan fingerprint density at radius 3 is 2.58 bits per heavy atom. The fourth-order valence-corrected chi connectivity index (χ4v) is 2.57. The monoisotopic (exact) mass is 357 g/mol. The van der Waals surface area contributed by atoms with Crippen LogP contribution in [0.4, 0.5) is 14.5 Å². The first-order valence-electron chi connectivity index (χ1n) is 7.99. The van der Waals surface area contributed by atoms with Gasteiger partial charge in [-0.1, -0.05) is 36.4 Å². The van der Waals surface area contributed by atoms with Crippen molar-refractivity contribution >= 4 is 22.4 Å². The van der Waals surface area contributed by atoms with Gasteiger partial charge in [0.15, 0.2) is 6.61 Å². The summed E-state index contributed by atoms with van der Waals surface area (Å²) < 4.78 is 34.7. The minimum absolute atomic E-state index is 0.0215. The lowest BCUT2D eigenvalue weighted by molar-refractivity contribution is -0.118. The first kappa shape index (κ1) is 17.7. The lowest BCUT2D eigenvalue weighted by atomic mass is 10.1. The molecule has 0 aliphatic heterocycles. The van der Waals surface area contributed by atoms with E-state index in [1.807, 2.05) is 36.4 Å². The maximum atomic E-state index is 12.4. The Bertz CT molecular complexity index is 928. The Morgan fingerprint density at radius 1 is 1.04 bits per heavy atom. The molecule has 3 aromatic rings. The summed E-state index contributed by atoms with van der Waals surface area (Å²) in [7, 11) is 0. The highest BCUT2D eigenvalue weighted by Gasteiger charge is 2.12. The average molecular weight is 357 g/mol. The van der Waals surface area contributed by atoms with Crippen LogP contribution in [0.15, 0.2) is 60.7 Å². The Labute approximate surface area is 149 Å². The molecule has 0 fully saturated rings. The van der Waals surface area contributed by atoms with E-state index in [1.54, 1.807) is 19.1 Å². The molecule has 0 heterocycles. The van der Waals surface area contributed by atoms with Crippen molar-refractivity contribution < 1.29 is 23.0 Å². The van der Waals surface area contributed by atoms with Crippen LogP contribution in [0.2, 0.25) is 0 Å². The standard InChI is InChI=1S/C20H17F2NO3/c1-13-17(7-4-8-18(13)26-20(21)22)23-19(24)12-25-16-10-9-14-5-2-3-6-15(14)11-16/h2-11,20H,12H2,1H3,(H,23,24). The fraction of sp³-hybridized carbons (Fsp3) is 0.150. The van der Waals surface area contributed by atoms with Gasteiger partial charge in [0.05, 0.1) is 0 Å². The van der Waals surface area contributed by atoms with Crippen molar-refractivity contribution in [1.29, 1.82) is 0 Å². The molecule has 6 heteroatoms. The van der Waals surface area contributed by atoms with Crippen LogP contribution >= 0.6 is 0 Å². The highest BCUT2D eigenvalue weighted by atomic mass is 19.3. The van der Waals surface area contributed by atoms with Crippen LogP contribution in [-0.4, -0.2) is 19.1 Å². The third-order valence-electron chi connectivity index (χ3n) is 3.87. The third-order valence-corrected chi connectivity index (χ3v) is 3.87. The lowest BCUT2D eigenvalue weighted by Crippen LogP contribution is -2.20. The van der Waals surface area contributed by atoms with Crippen LogP contribution < -0.4 is 14.8 Å². The van der Waals surface area contributed by atoms with Gasteiger partial charge in [-0.2, -0.15) is 8.78 Å². The van der Waals surface area contributed by atoms with Gasteiger partial charge in [-0.25, -0.2) is 0 Å². The van der Waals surface area contributed by atoms with Crippen LogP contribution in [0, 0.1) is 6.92 Å². The second kappa shape index (κ2) is 7.82. The molecule has 134 valence electrons. The smallest absolute Gasteiger partial charge is 0.387 e. The molecular formula is C20H17F2NO3. The summed E-state index contributed by atoms with van der Waals surface area (Å²) in [4.78, 5) is 12.1. The quantitative estimate of drug-likeness (QED) is 0.691. The highest BCUT2D eigenvalue weighted by Crippen LogP contribution is 2.27. The molecule has 0 aliphatic rings. The molecule has 0 spiro atoms. The van der Waals surface area contributed by atoms with Gasteiger partial charge in [-0.05, 0) is 42.0 Å². The minimum Gasteiger partial charge on any atom is -0.484 e. The predicted octanol–water partition coefficient (Wildman–Crippen LogP) is 4.77. The number of carbonyl (C=O) groups is 1. The number of alkyl halides is 2. The zero-order valence-electron chi connectivity index (χ0n) is 14.0. The number of hydrogen-bond acceptors (Lipinski definition) is 3. The summed E-state index contributed by atoms with van der Waals surface area (Å²) in [6.45, 7) is -1.52. The van der Waals surface area contributed by atoms with E-state index in [0.717, 1.165) is 10.8 Å². The van der Waals surface area contributed by atoms with Crippen molar-refractivity contribution in [1.82, 2.24) is 0 Å². The molecule has 0 radical (unpaired) electrons. The Balaban J connectivity index is 1.63. The maximum Gasteiger partial charge on any atom is 0.387 e. The van der Waals surface area contributed by atoms with Gasteiger partial charge in [0.1, 0.15) is 11.5 Å². The SMILES string of the molecule is Cc1c(NC(=O)COc2ccc3ccccc3c2)cccc1OC(F)F. The summed E-state index contributed by atoms with van der Waals surface area (Å²) in [5.74, 6) is 0.203. The van der Waals surface area contributed by atoms with Crippen LogP contribution in [0.25, 0.3) is 10.8 Å². The number of nitrogens with one attached hydrogen (secondary N) is 1. The maximum absolute atomic E-state index is 12.4. The second-order valence-electron chi connectivity index (χ2n) is 5.65. The van der Waals surface area contributed by atoms with Gasteiger partial charge in [-0.15, -0.1) is 0 Å². The molecule has 0 unspecified atom stereocenters. The van der Waals surface area contributed by atoms with Crippen molar-refractivity contribution in [3.63, 3.8) is 0 Å².